The number of nitrogens with zero attached hydrogens (tertiary/aromatic N) is 6. The first-order valence-electron chi connectivity index (χ1n) is 16.4. The van der Waals surface area contributed by atoms with Crippen LogP contribution in [-0.2, 0) is 20.4 Å². The third kappa shape index (κ3) is 6.95. The zero-order valence-corrected chi connectivity index (χ0v) is 37.8. The SMILES string of the molecule is CC1=C(C)[C]([Ti+3])([Si](c2cccc(N(C)C)c2N(C)C)(c2cccc(N(C)C)c2N(C)C)c2cccc(N(C)C)c2N(C)C)C(C)=C1C.[Cl-].[Cl-].[Cl-]. The van der Waals surface area contributed by atoms with Crippen molar-refractivity contribution in [1.82, 2.24) is 0 Å². The molecule has 0 saturated heterocycles. The molecule has 1 aliphatic carbocycles. The molecule has 1 aliphatic rings. The van der Waals surface area contributed by atoms with Gasteiger partial charge in [-0.1, -0.05) is 0 Å². The average molecular weight is 792 g/mol. The maximum absolute atomic E-state index is 3.20. The quantitative estimate of drug-likeness (QED) is 0.156. The predicted octanol–water partition coefficient (Wildman–Crippen LogP) is -3.50. The molecule has 0 atom stereocenters. The van der Waals surface area contributed by atoms with Gasteiger partial charge in [-0.25, -0.2) is 0 Å². The van der Waals surface area contributed by atoms with Gasteiger partial charge in [-0.15, -0.1) is 0 Å². The molecule has 0 radical (unpaired) electrons. The molecule has 272 valence electrons. The summed E-state index contributed by atoms with van der Waals surface area (Å²) in [7, 11) is 23.2. The minimum absolute atomic E-state index is 0. The van der Waals surface area contributed by atoms with Crippen molar-refractivity contribution in [2.75, 3.05) is 114 Å². The molecule has 3 aromatic rings. The minimum atomic E-state index is -3.20. The van der Waals surface area contributed by atoms with Crippen LogP contribution in [0.25, 0.3) is 0 Å². The first kappa shape index (κ1) is 45.8. The number of halogens is 3. The third-order valence-corrected chi connectivity index (χ3v) is 18.9. The molecular weight excluding hydrogens is 735 g/mol. The molecule has 0 saturated carbocycles. The first-order valence-corrected chi connectivity index (χ1v) is 19.2. The van der Waals surface area contributed by atoms with Gasteiger partial charge in [-0.05, 0) is 0 Å². The summed E-state index contributed by atoms with van der Waals surface area (Å²) >= 11 is 2.58. The van der Waals surface area contributed by atoms with E-state index in [0.29, 0.717) is 0 Å². The van der Waals surface area contributed by atoms with Crippen LogP contribution < -0.4 is 82.2 Å². The van der Waals surface area contributed by atoms with Crippen LogP contribution in [0.1, 0.15) is 27.7 Å². The molecule has 4 rings (SSSR count). The summed E-state index contributed by atoms with van der Waals surface area (Å²) in [5.41, 5.74) is 13.3. The number of anilines is 6. The van der Waals surface area contributed by atoms with Crippen molar-refractivity contribution in [3.8, 4) is 0 Å². The summed E-state index contributed by atoms with van der Waals surface area (Å²) < 4.78 is -0.289. The summed E-state index contributed by atoms with van der Waals surface area (Å²) in [4.78, 5) is 13.9. The Bertz CT molecular complexity index is 1550. The average Bonchev–Trinajstić information content (AvgIpc) is 3.16. The molecule has 0 fully saturated rings. The van der Waals surface area contributed by atoms with Crippen LogP contribution in [0.15, 0.2) is 76.9 Å². The van der Waals surface area contributed by atoms with Gasteiger partial charge in [-0.3, -0.25) is 0 Å². The fraction of sp³-hybridized carbons (Fsp3) is 0.436. The van der Waals surface area contributed by atoms with Crippen molar-refractivity contribution in [3.63, 3.8) is 0 Å². The summed E-state index contributed by atoms with van der Waals surface area (Å²) in [5.74, 6) is 0. The Morgan fingerprint density at radius 3 is 0.860 bits per heavy atom. The molecule has 0 spiro atoms. The van der Waals surface area contributed by atoms with Gasteiger partial charge in [0.05, 0.1) is 0 Å². The Morgan fingerprint density at radius 2 is 0.660 bits per heavy atom. The van der Waals surface area contributed by atoms with Crippen molar-refractivity contribution in [2.24, 2.45) is 0 Å². The largest absolute Gasteiger partial charge is 1.00 e. The molecule has 3 aromatic carbocycles. The molecule has 11 heteroatoms. The fourth-order valence-electron chi connectivity index (χ4n) is 8.00. The van der Waals surface area contributed by atoms with Gasteiger partial charge in [0.15, 0.2) is 0 Å². The van der Waals surface area contributed by atoms with Crippen molar-refractivity contribution >= 4 is 57.8 Å². The van der Waals surface area contributed by atoms with Gasteiger partial charge in [-0.2, -0.15) is 0 Å². The summed E-state index contributed by atoms with van der Waals surface area (Å²) in [6.45, 7) is 9.51. The second-order valence-electron chi connectivity index (χ2n) is 14.4. The molecule has 0 aromatic heterocycles. The van der Waals surface area contributed by atoms with Crippen LogP contribution in [0, 0.1) is 0 Å². The molecule has 0 unspecified atom stereocenters. The smallest absolute Gasteiger partial charge is 1.00 e. The van der Waals surface area contributed by atoms with E-state index in [-0.39, 0.29) is 40.6 Å². The van der Waals surface area contributed by atoms with Gasteiger partial charge in [0.1, 0.15) is 0 Å². The van der Waals surface area contributed by atoms with Crippen molar-refractivity contribution in [3.05, 3.63) is 76.9 Å². The first-order chi connectivity index (χ1) is 21.9. The van der Waals surface area contributed by atoms with Gasteiger partial charge in [0, 0.05) is 0 Å². The van der Waals surface area contributed by atoms with Crippen LogP contribution in [-0.4, -0.2) is 92.6 Å². The molecular formula is C39H57Cl3N6SiTi. The second-order valence-corrected chi connectivity index (χ2v) is 20.2. The van der Waals surface area contributed by atoms with E-state index in [4.69, 9.17) is 0 Å². The summed E-state index contributed by atoms with van der Waals surface area (Å²) in [5, 5.41) is 4.28. The molecule has 50 heavy (non-hydrogen) atoms. The Balaban J connectivity index is 0.00000417. The topological polar surface area (TPSA) is 19.4 Å². The summed E-state index contributed by atoms with van der Waals surface area (Å²) in [6, 6.07) is 21.1. The van der Waals surface area contributed by atoms with Crippen LogP contribution in [0.2, 0.25) is 3.34 Å². The minimum Gasteiger partial charge on any atom is -1.00 e. The number of hydrogen-bond donors (Lipinski definition) is 0. The van der Waals surface area contributed by atoms with E-state index in [0.717, 1.165) is 0 Å². The monoisotopic (exact) mass is 790 g/mol. The molecule has 0 heterocycles. The molecule has 0 N–H and O–H groups in total. The van der Waals surface area contributed by atoms with Gasteiger partial charge in [0.2, 0.25) is 0 Å². The fourth-order valence-corrected chi connectivity index (χ4v) is 17.2. The molecule has 0 bridgehead atoms. The van der Waals surface area contributed by atoms with Crippen LogP contribution in [0.5, 0.6) is 0 Å². The number of allylic oxidation sites excluding steroid dienone is 4. The van der Waals surface area contributed by atoms with E-state index in [1.165, 1.54) is 72.0 Å². The Labute approximate surface area is 335 Å². The normalized spacial score (nSPS) is 13.6. The van der Waals surface area contributed by atoms with Gasteiger partial charge in [0.25, 0.3) is 0 Å². The maximum Gasteiger partial charge on any atom is -1.00 e. The zero-order valence-electron chi connectivity index (χ0n) is 33.0. The standard InChI is InChI=1S/C39H57N6Si.3ClH.Ti/c1-26-27(2)29(4)39(28(26)3)46(33-23-17-20-30(40(5)6)36(33)43(11)12,34-24-18-21-31(41(7)8)37(34)44(13)14)35-25-19-22-32(42(9)10)38(35)45(15)16;;;;/h17-25H,1-16H3;3*1H;/q;;;;+3/p-3. The van der Waals surface area contributed by atoms with Crippen molar-refractivity contribution in [2.45, 2.75) is 31.0 Å². The van der Waals surface area contributed by atoms with Crippen molar-refractivity contribution in [1.29, 1.82) is 0 Å². The molecule has 0 amide bonds. The Hall–Kier alpha value is -2.26. The van der Waals surface area contributed by atoms with E-state index in [1.54, 1.807) is 0 Å². The number of rotatable bonds is 10. The summed E-state index contributed by atoms with van der Waals surface area (Å²) in [6.07, 6.45) is 0. The number of para-hydroxylation sites is 3. The van der Waals surface area contributed by atoms with Crippen molar-refractivity contribution < 1.29 is 57.7 Å². The van der Waals surface area contributed by atoms with Crippen LogP contribution >= 0.6 is 0 Å². The van der Waals surface area contributed by atoms with E-state index >= 15 is 0 Å². The maximum atomic E-state index is 2.58. The van der Waals surface area contributed by atoms with E-state index in [2.05, 4.69) is 217 Å². The molecule has 6 nitrogen and oxygen atoms in total. The zero-order chi connectivity index (χ0) is 35.3. The van der Waals surface area contributed by atoms with E-state index < -0.39 is 8.07 Å². The van der Waals surface area contributed by atoms with E-state index in [1.807, 2.05) is 0 Å². The number of hydrogen-bond acceptors (Lipinski definition) is 6. The van der Waals surface area contributed by atoms with Crippen LogP contribution in [0.4, 0.5) is 34.1 Å². The Kier molecular flexibility index (Phi) is 15.6. The van der Waals surface area contributed by atoms with Gasteiger partial charge >= 0.3 is 300 Å². The molecule has 0 aliphatic heterocycles. The van der Waals surface area contributed by atoms with Gasteiger partial charge < -0.3 is 37.2 Å². The Morgan fingerprint density at radius 1 is 0.420 bits per heavy atom. The van der Waals surface area contributed by atoms with Crippen LogP contribution in [0.3, 0.4) is 0 Å². The number of benzene rings is 3. The van der Waals surface area contributed by atoms with E-state index in [9.17, 15) is 0 Å². The second kappa shape index (κ2) is 17.0. The predicted molar refractivity (Wildman–Crippen MR) is 209 cm³/mol. The third-order valence-electron chi connectivity index (χ3n) is 10.4.